The average Bonchev–Trinajstić information content (AvgIpc) is 2.67. The SMILES string of the molecule is O=C(O)c1cnc(N2CCN(C(=O)OCc3ccccc3)CC2)nc1. The second kappa shape index (κ2) is 7.61. The summed E-state index contributed by atoms with van der Waals surface area (Å²) >= 11 is 0. The highest BCUT2D eigenvalue weighted by Crippen LogP contribution is 2.12. The summed E-state index contributed by atoms with van der Waals surface area (Å²) in [4.78, 5) is 34.6. The zero-order valence-corrected chi connectivity index (χ0v) is 13.5. The van der Waals surface area contributed by atoms with E-state index in [0.717, 1.165) is 5.56 Å². The molecule has 8 nitrogen and oxygen atoms in total. The van der Waals surface area contributed by atoms with Crippen molar-refractivity contribution in [1.29, 1.82) is 0 Å². The predicted octanol–water partition coefficient (Wildman–Crippen LogP) is 1.63. The van der Waals surface area contributed by atoms with E-state index in [2.05, 4.69) is 9.97 Å². The number of carboxylic acid groups (broad SMARTS) is 1. The standard InChI is InChI=1S/C17H18N4O4/c22-15(23)14-10-18-16(19-11-14)20-6-8-21(9-7-20)17(24)25-12-13-4-2-1-3-5-13/h1-5,10-11H,6-9,12H2,(H,22,23). The molecule has 0 bridgehead atoms. The summed E-state index contributed by atoms with van der Waals surface area (Å²) < 4.78 is 5.32. The topological polar surface area (TPSA) is 95.9 Å². The quantitative estimate of drug-likeness (QED) is 0.902. The first-order valence-electron chi connectivity index (χ1n) is 7.89. The van der Waals surface area contributed by atoms with Crippen molar-refractivity contribution in [2.24, 2.45) is 0 Å². The van der Waals surface area contributed by atoms with E-state index < -0.39 is 5.97 Å². The van der Waals surface area contributed by atoms with Crippen LogP contribution in [-0.2, 0) is 11.3 Å². The number of amides is 1. The first-order valence-corrected chi connectivity index (χ1v) is 7.89. The van der Waals surface area contributed by atoms with Gasteiger partial charge in [-0.05, 0) is 5.56 Å². The highest BCUT2D eigenvalue weighted by atomic mass is 16.6. The van der Waals surface area contributed by atoms with Gasteiger partial charge in [-0.25, -0.2) is 19.6 Å². The van der Waals surface area contributed by atoms with Crippen molar-refractivity contribution >= 4 is 18.0 Å². The molecule has 2 heterocycles. The fourth-order valence-corrected chi connectivity index (χ4v) is 2.49. The van der Waals surface area contributed by atoms with Crippen LogP contribution in [-0.4, -0.2) is 58.2 Å². The molecule has 0 unspecified atom stereocenters. The first-order chi connectivity index (χ1) is 12.1. The van der Waals surface area contributed by atoms with Crippen LogP contribution in [0.2, 0.25) is 0 Å². The summed E-state index contributed by atoms with van der Waals surface area (Å²) in [5, 5.41) is 8.86. The number of rotatable bonds is 4. The molecule has 0 atom stereocenters. The van der Waals surface area contributed by atoms with Gasteiger partial charge in [0, 0.05) is 38.6 Å². The lowest BCUT2D eigenvalue weighted by molar-refractivity contribution is 0.0695. The highest BCUT2D eigenvalue weighted by molar-refractivity contribution is 5.86. The normalized spacial score (nSPS) is 14.2. The molecule has 2 aromatic rings. The van der Waals surface area contributed by atoms with Crippen molar-refractivity contribution < 1.29 is 19.4 Å². The number of piperazine rings is 1. The largest absolute Gasteiger partial charge is 0.478 e. The zero-order valence-electron chi connectivity index (χ0n) is 13.5. The summed E-state index contributed by atoms with van der Waals surface area (Å²) in [6.07, 6.45) is 2.22. The first kappa shape index (κ1) is 16.7. The molecule has 1 aromatic heterocycles. The second-order valence-electron chi connectivity index (χ2n) is 5.59. The molecule has 0 radical (unpaired) electrons. The van der Waals surface area contributed by atoms with Gasteiger partial charge in [-0.1, -0.05) is 30.3 Å². The third-order valence-corrected chi connectivity index (χ3v) is 3.91. The molecule has 8 heteroatoms. The minimum absolute atomic E-state index is 0.0480. The molecule has 0 aliphatic carbocycles. The van der Waals surface area contributed by atoms with Crippen LogP contribution < -0.4 is 4.90 Å². The third kappa shape index (κ3) is 4.23. The van der Waals surface area contributed by atoms with Gasteiger partial charge in [0.1, 0.15) is 6.61 Å². The fraction of sp³-hybridized carbons (Fsp3) is 0.294. The van der Waals surface area contributed by atoms with Crippen LogP contribution >= 0.6 is 0 Å². The Morgan fingerprint density at radius 1 is 1.04 bits per heavy atom. The van der Waals surface area contributed by atoms with E-state index in [9.17, 15) is 9.59 Å². The van der Waals surface area contributed by atoms with Crippen LogP contribution in [0, 0.1) is 0 Å². The zero-order chi connectivity index (χ0) is 17.6. The van der Waals surface area contributed by atoms with Crippen LogP contribution in [0.3, 0.4) is 0 Å². The Hall–Kier alpha value is -3.16. The van der Waals surface area contributed by atoms with Gasteiger partial charge >= 0.3 is 12.1 Å². The van der Waals surface area contributed by atoms with Crippen molar-refractivity contribution in [3.8, 4) is 0 Å². The molecule has 0 saturated carbocycles. The lowest BCUT2D eigenvalue weighted by Gasteiger charge is -2.34. The van der Waals surface area contributed by atoms with Crippen molar-refractivity contribution in [3.05, 3.63) is 53.9 Å². The number of nitrogens with zero attached hydrogens (tertiary/aromatic N) is 4. The predicted molar refractivity (Wildman–Crippen MR) is 89.4 cm³/mol. The molecule has 1 amide bonds. The Morgan fingerprint density at radius 3 is 2.28 bits per heavy atom. The van der Waals surface area contributed by atoms with Crippen LogP contribution in [0.5, 0.6) is 0 Å². The number of aromatic carboxylic acids is 1. The smallest absolute Gasteiger partial charge is 0.410 e. The second-order valence-corrected chi connectivity index (χ2v) is 5.59. The Morgan fingerprint density at radius 2 is 1.68 bits per heavy atom. The molecule has 1 aliphatic rings. The number of hydrogen-bond acceptors (Lipinski definition) is 6. The minimum atomic E-state index is -1.06. The molecule has 1 saturated heterocycles. The Labute approximate surface area is 144 Å². The number of anilines is 1. The average molecular weight is 342 g/mol. The Kier molecular flexibility index (Phi) is 5.08. The van der Waals surface area contributed by atoms with Crippen LogP contribution in [0.4, 0.5) is 10.7 Å². The maximum atomic E-state index is 12.1. The van der Waals surface area contributed by atoms with Gasteiger partial charge in [0.2, 0.25) is 5.95 Å². The highest BCUT2D eigenvalue weighted by Gasteiger charge is 2.23. The monoisotopic (exact) mass is 342 g/mol. The van der Waals surface area contributed by atoms with Gasteiger partial charge in [-0.2, -0.15) is 0 Å². The van der Waals surface area contributed by atoms with Gasteiger partial charge in [-0.3, -0.25) is 0 Å². The van der Waals surface area contributed by atoms with Crippen LogP contribution in [0.25, 0.3) is 0 Å². The summed E-state index contributed by atoms with van der Waals surface area (Å²) in [5.74, 6) is -0.597. The van der Waals surface area contributed by atoms with Crippen molar-refractivity contribution in [3.63, 3.8) is 0 Å². The summed E-state index contributed by atoms with van der Waals surface area (Å²) in [6, 6.07) is 9.53. The molecule has 1 N–H and O–H groups in total. The number of carbonyl (C=O) groups is 2. The van der Waals surface area contributed by atoms with E-state index in [1.165, 1.54) is 12.4 Å². The third-order valence-electron chi connectivity index (χ3n) is 3.91. The maximum absolute atomic E-state index is 12.1. The van der Waals surface area contributed by atoms with Gasteiger partial charge in [0.25, 0.3) is 0 Å². The van der Waals surface area contributed by atoms with E-state index in [-0.39, 0.29) is 18.3 Å². The molecule has 1 fully saturated rings. The number of hydrogen-bond donors (Lipinski definition) is 1. The van der Waals surface area contributed by atoms with Crippen molar-refractivity contribution in [2.75, 3.05) is 31.1 Å². The lowest BCUT2D eigenvalue weighted by Crippen LogP contribution is -2.49. The Bertz CT molecular complexity index is 728. The molecule has 0 spiro atoms. The summed E-state index contributed by atoms with van der Waals surface area (Å²) in [5.41, 5.74) is 0.994. The molecule has 3 rings (SSSR count). The van der Waals surface area contributed by atoms with Crippen molar-refractivity contribution in [1.82, 2.24) is 14.9 Å². The van der Waals surface area contributed by atoms with Crippen LogP contribution in [0.1, 0.15) is 15.9 Å². The molecule has 1 aliphatic heterocycles. The molecular weight excluding hydrogens is 324 g/mol. The van der Waals surface area contributed by atoms with E-state index in [4.69, 9.17) is 9.84 Å². The fourth-order valence-electron chi connectivity index (χ4n) is 2.49. The minimum Gasteiger partial charge on any atom is -0.478 e. The number of aromatic nitrogens is 2. The van der Waals surface area contributed by atoms with Gasteiger partial charge < -0.3 is 19.6 Å². The molecule has 25 heavy (non-hydrogen) atoms. The number of carboxylic acids is 1. The van der Waals surface area contributed by atoms with E-state index >= 15 is 0 Å². The van der Waals surface area contributed by atoms with E-state index in [0.29, 0.717) is 32.1 Å². The molecule has 130 valence electrons. The van der Waals surface area contributed by atoms with Crippen LogP contribution in [0.15, 0.2) is 42.7 Å². The number of benzene rings is 1. The molecular formula is C17H18N4O4. The Balaban J connectivity index is 1.49. The van der Waals surface area contributed by atoms with Crippen molar-refractivity contribution in [2.45, 2.75) is 6.61 Å². The van der Waals surface area contributed by atoms with E-state index in [1.807, 2.05) is 35.2 Å². The van der Waals surface area contributed by atoms with Gasteiger partial charge in [0.15, 0.2) is 0 Å². The number of ether oxygens (including phenoxy) is 1. The molecule has 1 aromatic carbocycles. The van der Waals surface area contributed by atoms with E-state index in [1.54, 1.807) is 4.90 Å². The summed E-state index contributed by atoms with van der Waals surface area (Å²) in [7, 11) is 0. The maximum Gasteiger partial charge on any atom is 0.410 e. The van der Waals surface area contributed by atoms with Gasteiger partial charge in [-0.15, -0.1) is 0 Å². The number of carbonyl (C=O) groups excluding carboxylic acids is 1. The summed E-state index contributed by atoms with van der Waals surface area (Å²) in [6.45, 7) is 2.37. The van der Waals surface area contributed by atoms with Gasteiger partial charge in [0.05, 0.1) is 5.56 Å². The lowest BCUT2D eigenvalue weighted by atomic mass is 10.2.